The first kappa shape index (κ1) is 18.1. The van der Waals surface area contributed by atoms with Gasteiger partial charge in [-0.2, -0.15) is 0 Å². The van der Waals surface area contributed by atoms with E-state index < -0.39 is 0 Å². The van der Waals surface area contributed by atoms with Gasteiger partial charge in [0.15, 0.2) is 5.13 Å². The molecule has 2 aromatic rings. The molecule has 1 atom stereocenters. The van der Waals surface area contributed by atoms with Crippen molar-refractivity contribution in [1.29, 1.82) is 0 Å². The van der Waals surface area contributed by atoms with Crippen molar-refractivity contribution in [1.82, 2.24) is 10.3 Å². The Morgan fingerprint density at radius 1 is 1.21 bits per heavy atom. The molecule has 1 aromatic heterocycles. The lowest BCUT2D eigenvalue weighted by Crippen LogP contribution is -2.28. The standard InChI is InChI=1S/C18H23N3O2S/c1-3-4-6-11-15(14-9-7-5-8-10-14)20-17(23)16-12-24-18(21-16)19-13(2)22/h5,7-10,12,15H,3-4,6,11H2,1-2H3,(H,20,23)(H,19,21,22). The Morgan fingerprint density at radius 3 is 2.62 bits per heavy atom. The summed E-state index contributed by atoms with van der Waals surface area (Å²) in [7, 11) is 0. The van der Waals surface area contributed by atoms with Crippen LogP contribution in [-0.2, 0) is 4.79 Å². The number of thiazole rings is 1. The molecule has 2 rings (SSSR count). The van der Waals surface area contributed by atoms with E-state index in [0.717, 1.165) is 31.2 Å². The van der Waals surface area contributed by atoms with Crippen molar-refractivity contribution < 1.29 is 9.59 Å². The van der Waals surface area contributed by atoms with E-state index in [1.54, 1.807) is 5.38 Å². The molecular weight excluding hydrogens is 322 g/mol. The molecular formula is C18H23N3O2S. The number of hydrogen-bond acceptors (Lipinski definition) is 4. The van der Waals surface area contributed by atoms with Crippen molar-refractivity contribution >= 4 is 28.3 Å². The topological polar surface area (TPSA) is 71.1 Å². The van der Waals surface area contributed by atoms with Gasteiger partial charge in [-0.1, -0.05) is 56.5 Å². The summed E-state index contributed by atoms with van der Waals surface area (Å²) >= 11 is 1.25. The van der Waals surface area contributed by atoms with E-state index >= 15 is 0 Å². The van der Waals surface area contributed by atoms with Crippen LogP contribution in [0, 0.1) is 0 Å². The summed E-state index contributed by atoms with van der Waals surface area (Å²) in [6, 6.07) is 9.95. The number of carbonyl (C=O) groups is 2. The number of aromatic nitrogens is 1. The minimum Gasteiger partial charge on any atom is -0.344 e. The van der Waals surface area contributed by atoms with Crippen LogP contribution in [0.3, 0.4) is 0 Å². The average Bonchev–Trinajstić information content (AvgIpc) is 3.02. The first-order valence-electron chi connectivity index (χ1n) is 8.19. The molecule has 0 fully saturated rings. The normalized spacial score (nSPS) is 11.8. The van der Waals surface area contributed by atoms with Crippen LogP contribution in [0.25, 0.3) is 0 Å². The van der Waals surface area contributed by atoms with E-state index in [-0.39, 0.29) is 17.9 Å². The van der Waals surface area contributed by atoms with Gasteiger partial charge in [0.2, 0.25) is 5.91 Å². The molecule has 1 heterocycles. The molecule has 5 nitrogen and oxygen atoms in total. The van der Waals surface area contributed by atoms with Crippen molar-refractivity contribution in [3.63, 3.8) is 0 Å². The quantitative estimate of drug-likeness (QED) is 0.706. The molecule has 2 amide bonds. The van der Waals surface area contributed by atoms with Gasteiger partial charge in [-0.15, -0.1) is 11.3 Å². The first-order valence-corrected chi connectivity index (χ1v) is 9.07. The first-order chi connectivity index (χ1) is 11.6. The zero-order valence-electron chi connectivity index (χ0n) is 14.0. The molecule has 0 saturated carbocycles. The number of amides is 2. The fourth-order valence-corrected chi connectivity index (χ4v) is 3.16. The predicted octanol–water partition coefficient (Wildman–Crippen LogP) is 4.15. The molecule has 0 spiro atoms. The average molecular weight is 345 g/mol. The number of unbranched alkanes of at least 4 members (excludes halogenated alkanes) is 2. The SMILES string of the molecule is CCCCCC(NC(=O)c1csc(NC(C)=O)n1)c1ccccc1. The number of hydrogen-bond donors (Lipinski definition) is 2. The van der Waals surface area contributed by atoms with Gasteiger partial charge in [-0.25, -0.2) is 4.98 Å². The molecule has 6 heteroatoms. The Bertz CT molecular complexity index is 670. The molecule has 0 radical (unpaired) electrons. The van der Waals surface area contributed by atoms with Crippen molar-refractivity contribution in [3.8, 4) is 0 Å². The van der Waals surface area contributed by atoms with Gasteiger partial charge in [0, 0.05) is 12.3 Å². The van der Waals surface area contributed by atoms with Gasteiger partial charge in [0.25, 0.3) is 5.91 Å². The summed E-state index contributed by atoms with van der Waals surface area (Å²) in [5, 5.41) is 7.76. The third-order valence-electron chi connectivity index (χ3n) is 3.62. The van der Waals surface area contributed by atoms with Crippen LogP contribution >= 0.6 is 11.3 Å². The fourth-order valence-electron chi connectivity index (χ4n) is 2.42. The second-order valence-electron chi connectivity index (χ2n) is 5.65. The molecule has 1 aromatic carbocycles. The van der Waals surface area contributed by atoms with E-state index in [9.17, 15) is 9.59 Å². The number of anilines is 1. The van der Waals surface area contributed by atoms with Gasteiger partial charge in [-0.3, -0.25) is 9.59 Å². The number of rotatable bonds is 8. The zero-order chi connectivity index (χ0) is 17.4. The molecule has 0 bridgehead atoms. The number of nitrogens with one attached hydrogen (secondary N) is 2. The maximum Gasteiger partial charge on any atom is 0.271 e. The zero-order valence-corrected chi connectivity index (χ0v) is 14.9. The summed E-state index contributed by atoms with van der Waals surface area (Å²) in [5.41, 5.74) is 1.43. The van der Waals surface area contributed by atoms with Crippen molar-refractivity contribution in [2.45, 2.75) is 45.6 Å². The Hall–Kier alpha value is -2.21. The number of nitrogens with zero attached hydrogens (tertiary/aromatic N) is 1. The minimum atomic E-state index is -0.215. The summed E-state index contributed by atoms with van der Waals surface area (Å²) < 4.78 is 0. The molecule has 24 heavy (non-hydrogen) atoms. The van der Waals surface area contributed by atoms with Gasteiger partial charge in [0.05, 0.1) is 6.04 Å². The third kappa shape index (κ3) is 5.45. The highest BCUT2D eigenvalue weighted by Gasteiger charge is 2.17. The summed E-state index contributed by atoms with van der Waals surface area (Å²) in [6.45, 7) is 3.58. The van der Waals surface area contributed by atoms with E-state index in [1.165, 1.54) is 18.3 Å². The molecule has 1 unspecified atom stereocenters. The molecule has 0 aliphatic rings. The summed E-state index contributed by atoms with van der Waals surface area (Å²) in [5.74, 6) is -0.411. The smallest absolute Gasteiger partial charge is 0.271 e. The lowest BCUT2D eigenvalue weighted by Gasteiger charge is -2.18. The van der Waals surface area contributed by atoms with Crippen LogP contribution in [-0.4, -0.2) is 16.8 Å². The second-order valence-corrected chi connectivity index (χ2v) is 6.51. The van der Waals surface area contributed by atoms with E-state index in [1.807, 2.05) is 30.3 Å². The van der Waals surface area contributed by atoms with Crippen molar-refractivity contribution in [2.24, 2.45) is 0 Å². The highest BCUT2D eigenvalue weighted by molar-refractivity contribution is 7.14. The number of benzene rings is 1. The number of carbonyl (C=O) groups excluding carboxylic acids is 2. The van der Waals surface area contributed by atoms with Crippen LogP contribution in [0.2, 0.25) is 0 Å². The maximum atomic E-state index is 12.5. The fraction of sp³-hybridized carbons (Fsp3) is 0.389. The summed E-state index contributed by atoms with van der Waals surface area (Å²) in [4.78, 5) is 27.7. The van der Waals surface area contributed by atoms with Gasteiger partial charge < -0.3 is 10.6 Å². The Balaban J connectivity index is 2.06. The van der Waals surface area contributed by atoms with Crippen molar-refractivity contribution in [2.75, 3.05) is 5.32 Å². The Morgan fingerprint density at radius 2 is 1.96 bits per heavy atom. The lowest BCUT2D eigenvalue weighted by atomic mass is 10.0. The molecule has 128 valence electrons. The highest BCUT2D eigenvalue weighted by Crippen LogP contribution is 2.21. The molecule has 0 saturated heterocycles. The Labute approximate surface area is 146 Å². The van der Waals surface area contributed by atoms with E-state index in [4.69, 9.17) is 0 Å². The second kappa shape index (κ2) is 9.17. The van der Waals surface area contributed by atoms with Crippen LogP contribution < -0.4 is 10.6 Å². The van der Waals surface area contributed by atoms with Crippen LogP contribution in [0.4, 0.5) is 5.13 Å². The predicted molar refractivity (Wildman–Crippen MR) is 97.2 cm³/mol. The monoisotopic (exact) mass is 345 g/mol. The third-order valence-corrected chi connectivity index (χ3v) is 4.38. The van der Waals surface area contributed by atoms with E-state index in [2.05, 4.69) is 22.5 Å². The highest BCUT2D eigenvalue weighted by atomic mass is 32.1. The minimum absolute atomic E-state index is 0.0313. The van der Waals surface area contributed by atoms with E-state index in [0.29, 0.717) is 10.8 Å². The molecule has 0 aliphatic carbocycles. The van der Waals surface area contributed by atoms with Crippen LogP contribution in [0.5, 0.6) is 0 Å². The maximum absolute atomic E-state index is 12.5. The largest absolute Gasteiger partial charge is 0.344 e. The van der Waals surface area contributed by atoms with Gasteiger partial charge >= 0.3 is 0 Å². The van der Waals surface area contributed by atoms with Gasteiger partial charge in [-0.05, 0) is 12.0 Å². The van der Waals surface area contributed by atoms with Crippen LogP contribution in [0.1, 0.15) is 61.6 Å². The lowest BCUT2D eigenvalue weighted by molar-refractivity contribution is -0.114. The molecule has 2 N–H and O–H groups in total. The van der Waals surface area contributed by atoms with Crippen molar-refractivity contribution in [3.05, 3.63) is 47.0 Å². The Kier molecular flexibility index (Phi) is 6.93. The van der Waals surface area contributed by atoms with Gasteiger partial charge in [0.1, 0.15) is 5.69 Å². The van der Waals surface area contributed by atoms with Crippen LogP contribution in [0.15, 0.2) is 35.7 Å². The molecule has 0 aliphatic heterocycles. The summed E-state index contributed by atoms with van der Waals surface area (Å²) in [6.07, 6.45) is 4.24.